The third-order valence-electron chi connectivity index (χ3n) is 2.10. The number of hydrogen-bond donors (Lipinski definition) is 1. The van der Waals surface area contributed by atoms with Gasteiger partial charge in [-0.05, 0) is 29.7 Å². The maximum Gasteiger partial charge on any atom is 0.238 e. The Balaban J connectivity index is 2.68. The first kappa shape index (κ1) is 13.5. The summed E-state index contributed by atoms with van der Waals surface area (Å²) in [5, 5.41) is 3.49. The van der Waals surface area contributed by atoms with Gasteiger partial charge in [-0.2, -0.15) is 0 Å². The second-order valence-corrected chi connectivity index (χ2v) is 6.08. The largest absolute Gasteiger partial charge is 0.325 e. The van der Waals surface area contributed by atoms with Crippen LogP contribution < -0.4 is 5.32 Å². The molecule has 0 aliphatic heterocycles. The predicted molar refractivity (Wildman–Crippen MR) is 72.3 cm³/mol. The molecule has 0 radical (unpaired) electrons. The molecule has 0 aromatic heterocycles. The summed E-state index contributed by atoms with van der Waals surface area (Å²) in [6, 6.07) is 7.06. The molecular weight excluding hydrogens is 289 g/mol. The summed E-state index contributed by atoms with van der Waals surface area (Å²) in [6.07, 6.45) is 0. The van der Waals surface area contributed by atoms with E-state index in [-0.39, 0.29) is 16.1 Å². The lowest BCUT2D eigenvalue weighted by molar-refractivity contribution is -0.117. The van der Waals surface area contributed by atoms with Crippen molar-refractivity contribution in [3.05, 3.63) is 29.3 Å². The normalized spacial score (nSPS) is 13.3. The quantitative estimate of drug-likeness (QED) is 0.819. The summed E-state index contributed by atoms with van der Waals surface area (Å²) < 4.78 is 0. The molecule has 1 amide bonds. The maximum absolute atomic E-state index is 11.9. The highest BCUT2D eigenvalue weighted by Gasteiger charge is 2.28. The minimum absolute atomic E-state index is 0.0465. The SMILES string of the molecule is CC(C)(C)C(Br)C(=O)Nc1ccc(Cl)cc1. The van der Waals surface area contributed by atoms with Crippen LogP contribution in [0.3, 0.4) is 0 Å². The van der Waals surface area contributed by atoms with Gasteiger partial charge >= 0.3 is 0 Å². The molecule has 0 spiro atoms. The highest BCUT2D eigenvalue weighted by Crippen LogP contribution is 2.27. The van der Waals surface area contributed by atoms with Crippen molar-refractivity contribution < 1.29 is 4.79 Å². The number of carbonyl (C=O) groups is 1. The van der Waals surface area contributed by atoms with Gasteiger partial charge in [-0.3, -0.25) is 4.79 Å². The lowest BCUT2D eigenvalue weighted by Crippen LogP contribution is -2.33. The number of hydrogen-bond acceptors (Lipinski definition) is 1. The maximum atomic E-state index is 11.9. The van der Waals surface area contributed by atoms with Crippen molar-refractivity contribution in [1.82, 2.24) is 0 Å². The van der Waals surface area contributed by atoms with Gasteiger partial charge in [0.25, 0.3) is 0 Å². The number of anilines is 1. The number of nitrogens with one attached hydrogen (secondary N) is 1. The topological polar surface area (TPSA) is 29.1 Å². The molecule has 16 heavy (non-hydrogen) atoms. The van der Waals surface area contributed by atoms with E-state index in [1.165, 1.54) is 0 Å². The molecule has 1 rings (SSSR count). The molecule has 0 saturated carbocycles. The van der Waals surface area contributed by atoms with E-state index in [9.17, 15) is 4.79 Å². The smallest absolute Gasteiger partial charge is 0.238 e. The van der Waals surface area contributed by atoms with E-state index in [1.807, 2.05) is 20.8 Å². The molecule has 0 heterocycles. The Bertz CT molecular complexity index is 370. The van der Waals surface area contributed by atoms with E-state index in [0.29, 0.717) is 5.02 Å². The summed E-state index contributed by atoms with van der Waals surface area (Å²) in [4.78, 5) is 11.6. The first-order valence-electron chi connectivity index (χ1n) is 5.01. The molecule has 4 heteroatoms. The van der Waals surface area contributed by atoms with Crippen LogP contribution in [0.5, 0.6) is 0 Å². The Morgan fingerprint density at radius 2 is 1.81 bits per heavy atom. The van der Waals surface area contributed by atoms with Crippen LogP contribution in [0.2, 0.25) is 5.02 Å². The van der Waals surface area contributed by atoms with E-state index in [4.69, 9.17) is 11.6 Å². The Labute approximate surface area is 110 Å². The standard InChI is InChI=1S/C12H15BrClNO/c1-12(2,3)10(13)11(16)15-9-6-4-8(14)5-7-9/h4-7,10H,1-3H3,(H,15,16). The fraction of sp³-hybridized carbons (Fsp3) is 0.417. The summed E-state index contributed by atoms with van der Waals surface area (Å²) >= 11 is 9.16. The average molecular weight is 305 g/mol. The predicted octanol–water partition coefficient (Wildman–Crippen LogP) is 4.09. The van der Waals surface area contributed by atoms with Gasteiger partial charge in [-0.1, -0.05) is 48.3 Å². The number of halogens is 2. The van der Waals surface area contributed by atoms with Crippen LogP contribution in [-0.2, 0) is 4.79 Å². The first-order chi connectivity index (χ1) is 7.30. The summed E-state index contributed by atoms with van der Waals surface area (Å²) in [6.45, 7) is 6.02. The molecule has 1 N–H and O–H groups in total. The van der Waals surface area contributed by atoms with Crippen molar-refractivity contribution in [2.75, 3.05) is 5.32 Å². The van der Waals surface area contributed by atoms with E-state index in [1.54, 1.807) is 24.3 Å². The second kappa shape index (κ2) is 5.19. The van der Waals surface area contributed by atoms with Gasteiger partial charge < -0.3 is 5.32 Å². The Hall–Kier alpha value is -0.540. The zero-order valence-electron chi connectivity index (χ0n) is 9.55. The molecule has 1 aromatic carbocycles. The van der Waals surface area contributed by atoms with Crippen molar-refractivity contribution in [1.29, 1.82) is 0 Å². The van der Waals surface area contributed by atoms with Gasteiger partial charge in [0.1, 0.15) is 0 Å². The number of carbonyl (C=O) groups excluding carboxylic acids is 1. The van der Waals surface area contributed by atoms with Crippen LogP contribution >= 0.6 is 27.5 Å². The van der Waals surface area contributed by atoms with E-state index in [0.717, 1.165) is 5.69 Å². The van der Waals surface area contributed by atoms with Gasteiger partial charge in [-0.15, -0.1) is 0 Å². The summed E-state index contributed by atoms with van der Waals surface area (Å²) in [5.74, 6) is -0.0465. The molecule has 0 saturated heterocycles. The number of rotatable bonds is 2. The fourth-order valence-electron chi connectivity index (χ4n) is 1.13. The molecule has 2 nitrogen and oxygen atoms in total. The molecule has 88 valence electrons. The molecule has 0 aliphatic carbocycles. The number of benzene rings is 1. The number of amides is 1. The van der Waals surface area contributed by atoms with E-state index >= 15 is 0 Å². The molecule has 1 atom stereocenters. The highest BCUT2D eigenvalue weighted by molar-refractivity contribution is 9.10. The van der Waals surface area contributed by atoms with Gasteiger partial charge in [0, 0.05) is 10.7 Å². The summed E-state index contributed by atoms with van der Waals surface area (Å²) in [5.41, 5.74) is 0.638. The van der Waals surface area contributed by atoms with E-state index in [2.05, 4.69) is 21.2 Å². The average Bonchev–Trinajstić information content (AvgIpc) is 2.19. The van der Waals surface area contributed by atoms with Crippen LogP contribution in [0, 0.1) is 5.41 Å². The second-order valence-electron chi connectivity index (χ2n) is 4.72. The van der Waals surface area contributed by atoms with Crippen LogP contribution in [0.1, 0.15) is 20.8 Å². The zero-order valence-corrected chi connectivity index (χ0v) is 11.9. The minimum Gasteiger partial charge on any atom is -0.325 e. The molecule has 0 bridgehead atoms. The van der Waals surface area contributed by atoms with Crippen molar-refractivity contribution in [3.63, 3.8) is 0 Å². The number of alkyl halides is 1. The molecule has 0 fully saturated rings. The molecule has 1 aromatic rings. The van der Waals surface area contributed by atoms with Crippen LogP contribution in [0.4, 0.5) is 5.69 Å². The Morgan fingerprint density at radius 1 is 1.31 bits per heavy atom. The molecular formula is C12H15BrClNO. The third-order valence-corrected chi connectivity index (χ3v) is 4.14. The Morgan fingerprint density at radius 3 is 2.25 bits per heavy atom. The van der Waals surface area contributed by atoms with Gasteiger partial charge in [0.15, 0.2) is 0 Å². The van der Waals surface area contributed by atoms with Crippen LogP contribution in [0.15, 0.2) is 24.3 Å². The monoisotopic (exact) mass is 303 g/mol. The van der Waals surface area contributed by atoms with Crippen LogP contribution in [-0.4, -0.2) is 10.7 Å². The minimum atomic E-state index is -0.226. The fourth-order valence-corrected chi connectivity index (χ4v) is 1.37. The zero-order chi connectivity index (χ0) is 12.3. The van der Waals surface area contributed by atoms with Crippen LogP contribution in [0.25, 0.3) is 0 Å². The Kier molecular flexibility index (Phi) is 4.39. The lowest BCUT2D eigenvalue weighted by Gasteiger charge is -2.24. The van der Waals surface area contributed by atoms with Crippen molar-refractivity contribution >= 4 is 39.1 Å². The summed E-state index contributed by atoms with van der Waals surface area (Å²) in [7, 11) is 0. The molecule has 1 unspecified atom stereocenters. The van der Waals surface area contributed by atoms with Gasteiger partial charge in [0.05, 0.1) is 4.83 Å². The van der Waals surface area contributed by atoms with Gasteiger partial charge in [0.2, 0.25) is 5.91 Å². The first-order valence-corrected chi connectivity index (χ1v) is 6.30. The van der Waals surface area contributed by atoms with Crippen molar-refractivity contribution in [2.45, 2.75) is 25.6 Å². The lowest BCUT2D eigenvalue weighted by atomic mass is 9.92. The highest BCUT2D eigenvalue weighted by atomic mass is 79.9. The third kappa shape index (κ3) is 3.80. The van der Waals surface area contributed by atoms with Crippen molar-refractivity contribution in [2.24, 2.45) is 5.41 Å². The van der Waals surface area contributed by atoms with Gasteiger partial charge in [-0.25, -0.2) is 0 Å². The van der Waals surface area contributed by atoms with E-state index < -0.39 is 0 Å². The van der Waals surface area contributed by atoms with Crippen molar-refractivity contribution in [3.8, 4) is 0 Å². The molecule has 0 aliphatic rings.